The first kappa shape index (κ1) is 17.1. The van der Waals surface area contributed by atoms with E-state index >= 15 is 0 Å². The molecular formula is C16H28O2. The van der Waals surface area contributed by atoms with Gasteiger partial charge < -0.3 is 0 Å². The molecule has 0 aromatic carbocycles. The normalized spacial score (nSPS) is 10.9. The zero-order valence-corrected chi connectivity index (χ0v) is 11.8. The Morgan fingerprint density at radius 3 is 1.83 bits per heavy atom. The standard InChI is InChI=1S/C16H28O2/c1-2-3-4-5-6-7-8-9-10-11-13-16(18)14-12-15-17/h12,14-15H,2-11,13H2,1H3/b14-12+. The maximum Gasteiger partial charge on any atom is 0.155 e. The second kappa shape index (κ2) is 14.1. The van der Waals surface area contributed by atoms with Crippen molar-refractivity contribution >= 4 is 12.1 Å². The van der Waals surface area contributed by atoms with Gasteiger partial charge in [0.05, 0.1) is 0 Å². The van der Waals surface area contributed by atoms with Crippen molar-refractivity contribution in [2.75, 3.05) is 0 Å². The molecule has 0 unspecified atom stereocenters. The number of carbonyl (C=O) groups excluding carboxylic acids is 2. The van der Waals surface area contributed by atoms with Crippen LogP contribution in [-0.4, -0.2) is 12.1 Å². The van der Waals surface area contributed by atoms with Gasteiger partial charge in [-0.05, 0) is 18.6 Å². The van der Waals surface area contributed by atoms with Crippen LogP contribution in [-0.2, 0) is 9.59 Å². The van der Waals surface area contributed by atoms with Crippen LogP contribution in [0.1, 0.15) is 77.6 Å². The van der Waals surface area contributed by atoms with Crippen molar-refractivity contribution in [3.05, 3.63) is 12.2 Å². The molecule has 0 aliphatic heterocycles. The van der Waals surface area contributed by atoms with Crippen LogP contribution in [0.2, 0.25) is 0 Å². The van der Waals surface area contributed by atoms with Gasteiger partial charge in [0.25, 0.3) is 0 Å². The summed E-state index contributed by atoms with van der Waals surface area (Å²) < 4.78 is 0. The number of unbranched alkanes of at least 4 members (excludes halogenated alkanes) is 9. The molecule has 0 bridgehead atoms. The van der Waals surface area contributed by atoms with Gasteiger partial charge in [-0.2, -0.15) is 0 Å². The Labute approximate surface area is 112 Å². The lowest BCUT2D eigenvalue weighted by molar-refractivity contribution is -0.115. The predicted molar refractivity (Wildman–Crippen MR) is 76.7 cm³/mol. The first-order valence-corrected chi connectivity index (χ1v) is 7.46. The summed E-state index contributed by atoms with van der Waals surface area (Å²) in [5, 5.41) is 0. The van der Waals surface area contributed by atoms with Crippen LogP contribution in [0.25, 0.3) is 0 Å². The Morgan fingerprint density at radius 2 is 1.33 bits per heavy atom. The molecule has 0 amide bonds. The summed E-state index contributed by atoms with van der Waals surface area (Å²) in [5.74, 6) is 0.0710. The van der Waals surface area contributed by atoms with Crippen molar-refractivity contribution in [3.63, 3.8) is 0 Å². The summed E-state index contributed by atoms with van der Waals surface area (Å²) in [4.78, 5) is 21.2. The summed E-state index contributed by atoms with van der Waals surface area (Å²) in [6.07, 6.45) is 16.6. The molecule has 0 radical (unpaired) electrons. The van der Waals surface area contributed by atoms with Crippen molar-refractivity contribution < 1.29 is 9.59 Å². The molecule has 0 rings (SSSR count). The fraction of sp³-hybridized carbons (Fsp3) is 0.750. The Kier molecular flexibility index (Phi) is 13.4. The van der Waals surface area contributed by atoms with Crippen molar-refractivity contribution in [2.24, 2.45) is 0 Å². The lowest BCUT2D eigenvalue weighted by Crippen LogP contribution is -1.92. The van der Waals surface area contributed by atoms with Gasteiger partial charge in [-0.15, -0.1) is 0 Å². The summed E-state index contributed by atoms with van der Waals surface area (Å²) in [5.41, 5.74) is 0. The molecule has 0 N–H and O–H groups in total. The maximum absolute atomic E-state index is 11.2. The number of ketones is 1. The topological polar surface area (TPSA) is 34.1 Å². The first-order valence-electron chi connectivity index (χ1n) is 7.46. The van der Waals surface area contributed by atoms with Crippen LogP contribution >= 0.6 is 0 Å². The van der Waals surface area contributed by atoms with Crippen LogP contribution in [0, 0.1) is 0 Å². The summed E-state index contributed by atoms with van der Waals surface area (Å²) >= 11 is 0. The summed E-state index contributed by atoms with van der Waals surface area (Å²) in [6, 6.07) is 0. The summed E-state index contributed by atoms with van der Waals surface area (Å²) in [7, 11) is 0. The monoisotopic (exact) mass is 252 g/mol. The lowest BCUT2D eigenvalue weighted by atomic mass is 10.0. The number of rotatable bonds is 13. The third-order valence-corrected chi connectivity index (χ3v) is 3.14. The van der Waals surface area contributed by atoms with Crippen molar-refractivity contribution in [2.45, 2.75) is 77.6 Å². The van der Waals surface area contributed by atoms with E-state index in [9.17, 15) is 9.59 Å². The van der Waals surface area contributed by atoms with E-state index in [2.05, 4.69) is 6.92 Å². The Hall–Kier alpha value is -0.920. The van der Waals surface area contributed by atoms with Crippen LogP contribution in [0.4, 0.5) is 0 Å². The lowest BCUT2D eigenvalue weighted by Gasteiger charge is -2.01. The molecule has 0 atom stereocenters. The minimum absolute atomic E-state index is 0.0710. The molecule has 2 heteroatoms. The highest BCUT2D eigenvalue weighted by atomic mass is 16.1. The third kappa shape index (κ3) is 13.1. The highest BCUT2D eigenvalue weighted by Crippen LogP contribution is 2.11. The van der Waals surface area contributed by atoms with Crippen molar-refractivity contribution in [1.82, 2.24) is 0 Å². The number of hydrogen-bond donors (Lipinski definition) is 0. The van der Waals surface area contributed by atoms with Gasteiger partial charge in [0, 0.05) is 6.42 Å². The van der Waals surface area contributed by atoms with Gasteiger partial charge >= 0.3 is 0 Å². The molecule has 2 nitrogen and oxygen atoms in total. The second-order valence-corrected chi connectivity index (χ2v) is 4.89. The highest BCUT2D eigenvalue weighted by Gasteiger charge is 1.97. The average molecular weight is 252 g/mol. The smallest absolute Gasteiger partial charge is 0.155 e. The van der Waals surface area contributed by atoms with Gasteiger partial charge in [-0.25, -0.2) is 0 Å². The molecule has 0 spiro atoms. The maximum atomic E-state index is 11.2. The molecule has 0 aromatic heterocycles. The Morgan fingerprint density at radius 1 is 0.833 bits per heavy atom. The minimum atomic E-state index is 0.0710. The van der Waals surface area contributed by atoms with Crippen LogP contribution < -0.4 is 0 Å². The number of hydrogen-bond acceptors (Lipinski definition) is 2. The molecule has 0 saturated heterocycles. The van der Waals surface area contributed by atoms with E-state index < -0.39 is 0 Å². The van der Waals surface area contributed by atoms with Crippen LogP contribution in [0.3, 0.4) is 0 Å². The molecule has 0 aliphatic rings. The van der Waals surface area contributed by atoms with Gasteiger partial charge in [0.2, 0.25) is 0 Å². The Balaban J connectivity index is 3.14. The second-order valence-electron chi connectivity index (χ2n) is 4.89. The summed E-state index contributed by atoms with van der Waals surface area (Å²) in [6.45, 7) is 2.24. The van der Waals surface area contributed by atoms with Crippen molar-refractivity contribution in [1.29, 1.82) is 0 Å². The van der Waals surface area contributed by atoms with E-state index in [4.69, 9.17) is 0 Å². The third-order valence-electron chi connectivity index (χ3n) is 3.14. The van der Waals surface area contributed by atoms with E-state index in [1.54, 1.807) is 0 Å². The fourth-order valence-corrected chi connectivity index (χ4v) is 2.02. The van der Waals surface area contributed by atoms with Gasteiger partial charge in [0.15, 0.2) is 5.78 Å². The molecule has 18 heavy (non-hydrogen) atoms. The minimum Gasteiger partial charge on any atom is -0.299 e. The quantitative estimate of drug-likeness (QED) is 0.272. The molecular weight excluding hydrogens is 224 g/mol. The van der Waals surface area contributed by atoms with Crippen LogP contribution in [0.15, 0.2) is 12.2 Å². The molecule has 104 valence electrons. The SMILES string of the molecule is CCCCCCCCCCCCC(=O)/C=C/C=O. The van der Waals surface area contributed by atoms with E-state index in [0.717, 1.165) is 12.8 Å². The van der Waals surface area contributed by atoms with Gasteiger partial charge in [-0.1, -0.05) is 64.7 Å². The molecule has 0 heterocycles. The van der Waals surface area contributed by atoms with Gasteiger partial charge in [0.1, 0.15) is 6.29 Å². The molecule has 0 aromatic rings. The fourth-order valence-electron chi connectivity index (χ4n) is 2.02. The zero-order chi connectivity index (χ0) is 13.5. The van der Waals surface area contributed by atoms with E-state index in [1.165, 1.54) is 63.5 Å². The zero-order valence-electron chi connectivity index (χ0n) is 11.8. The largest absolute Gasteiger partial charge is 0.299 e. The number of aldehydes is 1. The van der Waals surface area contributed by atoms with E-state index in [0.29, 0.717) is 12.7 Å². The number of carbonyl (C=O) groups is 2. The van der Waals surface area contributed by atoms with Crippen LogP contribution in [0.5, 0.6) is 0 Å². The Bertz CT molecular complexity index is 231. The molecule has 0 fully saturated rings. The number of allylic oxidation sites excluding steroid dienone is 2. The van der Waals surface area contributed by atoms with E-state index in [1.807, 2.05) is 0 Å². The van der Waals surface area contributed by atoms with Gasteiger partial charge in [-0.3, -0.25) is 9.59 Å². The predicted octanol–water partition coefficient (Wildman–Crippen LogP) is 4.62. The molecule has 0 saturated carbocycles. The van der Waals surface area contributed by atoms with E-state index in [-0.39, 0.29) is 5.78 Å². The molecule has 0 aliphatic carbocycles. The highest BCUT2D eigenvalue weighted by molar-refractivity contribution is 5.92. The van der Waals surface area contributed by atoms with Crippen molar-refractivity contribution in [3.8, 4) is 0 Å². The average Bonchev–Trinajstić information content (AvgIpc) is 2.38. The first-order chi connectivity index (χ1) is 8.81.